The van der Waals surface area contributed by atoms with E-state index in [0.29, 0.717) is 17.9 Å². The van der Waals surface area contributed by atoms with Gasteiger partial charge in [-0.05, 0) is 51.4 Å². The van der Waals surface area contributed by atoms with Crippen molar-refractivity contribution in [3.05, 3.63) is 28.5 Å². The lowest BCUT2D eigenvalue weighted by Gasteiger charge is -2.34. The number of benzene rings is 1. The van der Waals surface area contributed by atoms with Crippen LogP contribution >= 0.6 is 15.9 Å². The van der Waals surface area contributed by atoms with Crippen molar-refractivity contribution in [2.75, 3.05) is 6.61 Å². The molecule has 0 saturated heterocycles. The van der Waals surface area contributed by atoms with E-state index in [1.807, 2.05) is 18.2 Å². The Morgan fingerprint density at radius 1 is 1.18 bits per heavy atom. The Hall–Kier alpha value is -0.593. The lowest BCUT2D eigenvalue weighted by atomic mass is 9.85. The highest BCUT2D eigenvalue weighted by Gasteiger charge is 2.50. The molecule has 34 heavy (non-hydrogen) atoms. The molecule has 2 aromatic rings. The van der Waals surface area contributed by atoms with Gasteiger partial charge in [0.2, 0.25) is 0 Å². The molecule has 11 heteroatoms. The molecular formula is C23H37BrF3N3O2SSi. The summed E-state index contributed by atoms with van der Waals surface area (Å²) in [5, 5.41) is 0. The molecule has 1 aromatic heterocycles. The van der Waals surface area contributed by atoms with Crippen LogP contribution in [-0.4, -0.2) is 39.7 Å². The Bertz CT molecular complexity index is 971. The highest BCUT2D eigenvalue weighted by molar-refractivity contribution is 9.10. The van der Waals surface area contributed by atoms with Crippen LogP contribution in [0.25, 0.3) is 11.0 Å². The predicted octanol–water partition coefficient (Wildman–Crippen LogP) is 7.18. The first-order valence-corrected chi connectivity index (χ1v) is 16.9. The van der Waals surface area contributed by atoms with Gasteiger partial charge in [0, 0.05) is 30.5 Å². The maximum absolute atomic E-state index is 13.8. The van der Waals surface area contributed by atoms with Gasteiger partial charge in [0.05, 0.1) is 16.4 Å². The predicted molar refractivity (Wildman–Crippen MR) is 140 cm³/mol. The second-order valence-electron chi connectivity index (χ2n) is 11.5. The second-order valence-corrected chi connectivity index (χ2v) is 20.1. The highest BCUT2D eigenvalue weighted by atomic mass is 79.9. The van der Waals surface area contributed by atoms with Crippen molar-refractivity contribution >= 4 is 46.4 Å². The van der Waals surface area contributed by atoms with Crippen molar-refractivity contribution in [3.8, 4) is 0 Å². The first-order valence-electron chi connectivity index (χ1n) is 11.3. The highest BCUT2D eigenvalue weighted by Crippen LogP contribution is 2.44. The van der Waals surface area contributed by atoms with E-state index in [4.69, 9.17) is 4.74 Å². The van der Waals surface area contributed by atoms with E-state index < -0.39 is 41.8 Å². The lowest BCUT2D eigenvalue weighted by molar-refractivity contribution is -0.215. The van der Waals surface area contributed by atoms with Crippen LogP contribution in [0, 0.1) is 5.41 Å². The summed E-state index contributed by atoms with van der Waals surface area (Å²) < 4.78 is 65.4. The standard InChI is InChI=1S/C23H37BrF3N3O2SSi/c1-21(2,3)33(31)29-18(14-22(4,5)23(25,26)27)20-28-17-10-9-16(24)13-19(17)30(20)15-32-11-12-34(6,7)8/h9-10,13,18,29H,11-12,14-15H2,1-8H3/t18-,33?/m0/s1. The van der Waals surface area contributed by atoms with Crippen LogP contribution in [0.5, 0.6) is 0 Å². The summed E-state index contributed by atoms with van der Waals surface area (Å²) in [4.78, 5) is 4.69. The first kappa shape index (κ1) is 29.6. The number of aromatic nitrogens is 2. The van der Waals surface area contributed by atoms with Crippen molar-refractivity contribution in [3.63, 3.8) is 0 Å². The van der Waals surface area contributed by atoms with E-state index in [2.05, 4.69) is 45.3 Å². The van der Waals surface area contributed by atoms with Crippen molar-refractivity contribution in [2.24, 2.45) is 5.41 Å². The number of halogens is 4. The minimum absolute atomic E-state index is 0.152. The number of rotatable bonds is 10. The molecule has 0 bridgehead atoms. The topological polar surface area (TPSA) is 62.1 Å². The van der Waals surface area contributed by atoms with Gasteiger partial charge in [-0.15, -0.1) is 4.72 Å². The third-order valence-electron chi connectivity index (χ3n) is 5.56. The molecule has 0 fully saturated rings. The van der Waals surface area contributed by atoms with Crippen LogP contribution in [0.4, 0.5) is 13.2 Å². The zero-order valence-electron chi connectivity index (χ0n) is 21.3. The summed E-state index contributed by atoms with van der Waals surface area (Å²) in [6, 6.07) is 5.60. The van der Waals surface area contributed by atoms with Crippen LogP contribution in [0.3, 0.4) is 0 Å². The fourth-order valence-corrected chi connectivity index (χ4v) is 5.07. The Kier molecular flexibility index (Phi) is 9.41. The molecule has 1 unspecified atom stereocenters. The number of nitrogens with one attached hydrogen (secondary N) is 1. The van der Waals surface area contributed by atoms with Crippen LogP contribution in [0.1, 0.15) is 52.9 Å². The van der Waals surface area contributed by atoms with Gasteiger partial charge in [-0.1, -0.05) is 49.4 Å². The van der Waals surface area contributed by atoms with Gasteiger partial charge in [0.15, 0.2) is 0 Å². The molecule has 1 heterocycles. The molecular weight excluding hydrogens is 547 g/mol. The van der Waals surface area contributed by atoms with Crippen LogP contribution in [-0.2, 0) is 22.8 Å². The molecule has 0 saturated carbocycles. The van der Waals surface area contributed by atoms with Crippen molar-refractivity contribution in [1.29, 1.82) is 0 Å². The number of nitrogens with zero attached hydrogens (tertiary/aromatic N) is 2. The minimum Gasteiger partial charge on any atom is -0.598 e. The fourth-order valence-electron chi connectivity index (χ4n) is 3.17. The summed E-state index contributed by atoms with van der Waals surface area (Å²) in [5.41, 5.74) is -0.629. The molecule has 1 aromatic carbocycles. The Morgan fingerprint density at radius 2 is 1.79 bits per heavy atom. The number of alkyl halides is 3. The minimum atomic E-state index is -4.43. The number of imidazole rings is 1. The van der Waals surface area contributed by atoms with Crippen LogP contribution in [0.15, 0.2) is 22.7 Å². The molecule has 0 aliphatic rings. The van der Waals surface area contributed by atoms with E-state index in [1.54, 1.807) is 25.3 Å². The van der Waals surface area contributed by atoms with Gasteiger partial charge in [0.1, 0.15) is 23.3 Å². The van der Waals surface area contributed by atoms with Gasteiger partial charge in [-0.2, -0.15) is 13.2 Å². The zero-order valence-corrected chi connectivity index (χ0v) is 24.7. The van der Waals surface area contributed by atoms with E-state index in [0.717, 1.165) is 29.9 Å². The average molecular weight is 585 g/mol. The van der Waals surface area contributed by atoms with Crippen LogP contribution in [0.2, 0.25) is 25.7 Å². The summed E-state index contributed by atoms with van der Waals surface area (Å²) in [6.07, 6.45) is -4.75. The van der Waals surface area contributed by atoms with E-state index in [1.165, 1.54) is 0 Å². The molecule has 0 aliphatic heterocycles. The molecule has 2 atom stereocenters. The zero-order chi connectivity index (χ0) is 26.1. The quantitative estimate of drug-likeness (QED) is 0.183. The third kappa shape index (κ3) is 7.96. The molecule has 0 aliphatic carbocycles. The summed E-state index contributed by atoms with van der Waals surface area (Å²) in [7, 11) is -1.31. The number of fused-ring (bicyclic) bond motifs is 1. The molecule has 0 amide bonds. The molecule has 1 N–H and O–H groups in total. The van der Waals surface area contributed by atoms with Crippen molar-refractivity contribution in [1.82, 2.24) is 14.3 Å². The maximum Gasteiger partial charge on any atom is 0.394 e. The van der Waals surface area contributed by atoms with Gasteiger partial charge in [0.25, 0.3) is 0 Å². The molecule has 5 nitrogen and oxygen atoms in total. The molecule has 194 valence electrons. The Balaban J connectivity index is 2.53. The smallest absolute Gasteiger partial charge is 0.394 e. The summed E-state index contributed by atoms with van der Waals surface area (Å²) >= 11 is 1.87. The van der Waals surface area contributed by atoms with E-state index in [9.17, 15) is 17.7 Å². The first-order chi connectivity index (χ1) is 15.3. The Labute approximate surface area is 213 Å². The Morgan fingerprint density at radius 3 is 2.32 bits per heavy atom. The average Bonchev–Trinajstić information content (AvgIpc) is 2.99. The fraction of sp³-hybridized carbons (Fsp3) is 0.696. The van der Waals surface area contributed by atoms with E-state index in [-0.39, 0.29) is 13.2 Å². The van der Waals surface area contributed by atoms with Gasteiger partial charge in [-0.3, -0.25) is 0 Å². The molecule has 0 spiro atoms. The van der Waals surface area contributed by atoms with Gasteiger partial charge >= 0.3 is 6.18 Å². The normalized spacial score (nSPS) is 15.7. The largest absolute Gasteiger partial charge is 0.598 e. The van der Waals surface area contributed by atoms with Gasteiger partial charge < -0.3 is 13.9 Å². The third-order valence-corrected chi connectivity index (χ3v) is 9.36. The molecule has 0 radical (unpaired) electrons. The summed E-state index contributed by atoms with van der Waals surface area (Å²) in [5.74, 6) is 0.385. The van der Waals surface area contributed by atoms with Crippen molar-refractivity contribution < 1.29 is 22.5 Å². The summed E-state index contributed by atoms with van der Waals surface area (Å²) in [6.45, 7) is 15.1. The number of hydrogen-bond donors (Lipinski definition) is 1. The van der Waals surface area contributed by atoms with E-state index >= 15 is 0 Å². The SMILES string of the molecule is CC(C)(C)[S+]([O-])N[C@@H](CC(C)(C)C(F)(F)F)c1nc2ccc(Br)cc2n1COCC[Si](C)(C)C. The van der Waals surface area contributed by atoms with Crippen molar-refractivity contribution in [2.45, 2.75) is 90.4 Å². The number of ether oxygens (including phenoxy) is 1. The van der Waals surface area contributed by atoms with Gasteiger partial charge in [-0.25, -0.2) is 4.98 Å². The number of hydrogen-bond acceptors (Lipinski definition) is 4. The van der Waals surface area contributed by atoms with Crippen LogP contribution < -0.4 is 4.72 Å². The second kappa shape index (κ2) is 10.8. The lowest BCUT2D eigenvalue weighted by Crippen LogP contribution is -2.45. The monoisotopic (exact) mass is 583 g/mol. The molecule has 2 rings (SSSR count). The maximum atomic E-state index is 13.8.